The van der Waals surface area contributed by atoms with Gasteiger partial charge in [-0.1, -0.05) is 42.5 Å². The van der Waals surface area contributed by atoms with Crippen molar-refractivity contribution in [2.75, 3.05) is 27.9 Å². The molecule has 1 saturated heterocycles. The standard InChI is InChI=1S/C27H30N2O5/c1-32-23-16-20(17-24(33-2)25(23)34-3)26-28-22(15-19-7-5-4-6-8-19)27(31)29(26)14-13-18-9-11-21(30)12-10-18/h4-12,16-17,22,26,28,30H,13-15H2,1-3H3/t22-,26+/m1/s1. The van der Waals surface area contributed by atoms with Crippen molar-refractivity contribution in [1.29, 1.82) is 0 Å². The van der Waals surface area contributed by atoms with E-state index in [1.165, 1.54) is 0 Å². The molecule has 0 aliphatic carbocycles. The summed E-state index contributed by atoms with van der Waals surface area (Å²) in [5, 5.41) is 13.1. The number of rotatable bonds is 9. The Hall–Kier alpha value is -3.71. The van der Waals surface area contributed by atoms with E-state index in [9.17, 15) is 9.90 Å². The molecule has 7 nitrogen and oxygen atoms in total. The molecule has 0 unspecified atom stereocenters. The maximum Gasteiger partial charge on any atom is 0.241 e. The van der Waals surface area contributed by atoms with Crippen molar-refractivity contribution < 1.29 is 24.1 Å². The molecule has 0 spiro atoms. The van der Waals surface area contributed by atoms with Crippen LogP contribution in [0.5, 0.6) is 23.0 Å². The van der Waals surface area contributed by atoms with Crippen molar-refractivity contribution in [2.45, 2.75) is 25.0 Å². The first-order valence-corrected chi connectivity index (χ1v) is 11.2. The molecule has 1 heterocycles. The van der Waals surface area contributed by atoms with Crippen molar-refractivity contribution in [2.24, 2.45) is 0 Å². The molecule has 178 valence electrons. The summed E-state index contributed by atoms with van der Waals surface area (Å²) < 4.78 is 16.6. The zero-order valence-electron chi connectivity index (χ0n) is 19.7. The number of nitrogens with zero attached hydrogens (tertiary/aromatic N) is 1. The van der Waals surface area contributed by atoms with Gasteiger partial charge in [-0.05, 0) is 53.8 Å². The third-order valence-corrected chi connectivity index (χ3v) is 6.12. The summed E-state index contributed by atoms with van der Waals surface area (Å²) in [5.74, 6) is 1.85. The minimum absolute atomic E-state index is 0.0429. The number of methoxy groups -OCH3 is 3. The third-order valence-electron chi connectivity index (χ3n) is 6.12. The molecule has 0 saturated carbocycles. The van der Waals surface area contributed by atoms with Crippen LogP contribution in [0.15, 0.2) is 66.7 Å². The fourth-order valence-corrected chi connectivity index (χ4v) is 4.36. The number of ether oxygens (including phenoxy) is 3. The van der Waals surface area contributed by atoms with Gasteiger partial charge in [-0.25, -0.2) is 0 Å². The van der Waals surface area contributed by atoms with Crippen LogP contribution in [0.4, 0.5) is 0 Å². The Kier molecular flexibility index (Phi) is 7.23. The second-order valence-electron chi connectivity index (χ2n) is 8.22. The molecule has 34 heavy (non-hydrogen) atoms. The van der Waals surface area contributed by atoms with Crippen LogP contribution in [0.3, 0.4) is 0 Å². The Morgan fingerprint density at radius 1 is 0.882 bits per heavy atom. The van der Waals surface area contributed by atoms with Crippen molar-refractivity contribution in [3.05, 3.63) is 83.4 Å². The highest BCUT2D eigenvalue weighted by Gasteiger charge is 2.40. The zero-order chi connectivity index (χ0) is 24.1. The lowest BCUT2D eigenvalue weighted by atomic mass is 10.1. The molecule has 1 fully saturated rings. The lowest BCUT2D eigenvalue weighted by Gasteiger charge is -2.26. The molecule has 1 aliphatic heterocycles. The summed E-state index contributed by atoms with van der Waals surface area (Å²) in [7, 11) is 4.72. The van der Waals surface area contributed by atoms with Gasteiger partial charge in [0.15, 0.2) is 11.5 Å². The van der Waals surface area contributed by atoms with Crippen molar-refractivity contribution >= 4 is 5.91 Å². The molecule has 2 atom stereocenters. The molecule has 7 heteroatoms. The minimum atomic E-state index is -0.355. The average Bonchev–Trinajstić information content (AvgIpc) is 3.18. The van der Waals surface area contributed by atoms with Gasteiger partial charge in [0, 0.05) is 6.54 Å². The first kappa shape index (κ1) is 23.4. The van der Waals surface area contributed by atoms with E-state index in [0.29, 0.717) is 36.6 Å². The van der Waals surface area contributed by atoms with E-state index in [2.05, 4.69) is 5.32 Å². The first-order chi connectivity index (χ1) is 16.5. The Labute approximate surface area is 199 Å². The maximum absolute atomic E-state index is 13.5. The van der Waals surface area contributed by atoms with Crippen LogP contribution in [0.2, 0.25) is 0 Å². The number of phenolic OH excluding ortho intramolecular Hbond substituents is 1. The molecule has 4 rings (SSSR count). The number of benzene rings is 3. The lowest BCUT2D eigenvalue weighted by Crippen LogP contribution is -2.33. The van der Waals surface area contributed by atoms with E-state index in [0.717, 1.165) is 16.7 Å². The van der Waals surface area contributed by atoms with Crippen molar-refractivity contribution in [3.8, 4) is 23.0 Å². The number of nitrogens with one attached hydrogen (secondary N) is 1. The van der Waals surface area contributed by atoms with E-state index in [1.54, 1.807) is 33.5 Å². The summed E-state index contributed by atoms with van der Waals surface area (Å²) in [6.07, 6.45) is 0.898. The molecule has 0 bridgehead atoms. The summed E-state index contributed by atoms with van der Waals surface area (Å²) in [6.45, 7) is 0.517. The topological polar surface area (TPSA) is 80.3 Å². The fraction of sp³-hybridized carbons (Fsp3) is 0.296. The van der Waals surface area contributed by atoms with Gasteiger partial charge in [0.1, 0.15) is 11.9 Å². The number of carbonyl (C=O) groups excluding carboxylic acids is 1. The van der Waals surface area contributed by atoms with E-state index in [1.807, 2.05) is 59.5 Å². The van der Waals surface area contributed by atoms with Gasteiger partial charge in [0.25, 0.3) is 0 Å². The maximum atomic E-state index is 13.5. The van der Waals surface area contributed by atoms with Crippen LogP contribution in [0.25, 0.3) is 0 Å². The highest BCUT2D eigenvalue weighted by Crippen LogP contribution is 2.41. The molecule has 3 aromatic carbocycles. The van der Waals surface area contributed by atoms with Gasteiger partial charge in [-0.3, -0.25) is 10.1 Å². The zero-order valence-corrected chi connectivity index (χ0v) is 19.7. The summed E-state index contributed by atoms with van der Waals surface area (Å²) in [4.78, 5) is 15.4. The van der Waals surface area contributed by atoms with Gasteiger partial charge in [0.05, 0.1) is 27.4 Å². The fourth-order valence-electron chi connectivity index (χ4n) is 4.36. The summed E-state index contributed by atoms with van der Waals surface area (Å²) in [5.41, 5.74) is 2.99. The van der Waals surface area contributed by atoms with Gasteiger partial charge < -0.3 is 24.2 Å². The largest absolute Gasteiger partial charge is 0.508 e. The Morgan fingerprint density at radius 2 is 1.53 bits per heavy atom. The summed E-state index contributed by atoms with van der Waals surface area (Å²) in [6, 6.07) is 20.5. The smallest absolute Gasteiger partial charge is 0.241 e. The number of aromatic hydroxyl groups is 1. The van der Waals surface area contributed by atoms with Gasteiger partial charge in [0.2, 0.25) is 11.7 Å². The van der Waals surface area contributed by atoms with Crippen LogP contribution < -0.4 is 19.5 Å². The summed E-state index contributed by atoms with van der Waals surface area (Å²) >= 11 is 0. The Bertz CT molecular complexity index is 1090. The molecule has 3 aromatic rings. The van der Waals surface area contributed by atoms with Crippen LogP contribution in [0.1, 0.15) is 22.9 Å². The van der Waals surface area contributed by atoms with Gasteiger partial charge in [-0.15, -0.1) is 0 Å². The predicted molar refractivity (Wildman–Crippen MR) is 129 cm³/mol. The molecule has 0 aromatic heterocycles. The molecule has 2 N–H and O–H groups in total. The second-order valence-corrected chi connectivity index (χ2v) is 8.22. The number of carbonyl (C=O) groups is 1. The normalized spacial score (nSPS) is 17.6. The number of phenols is 1. The lowest BCUT2D eigenvalue weighted by molar-refractivity contribution is -0.130. The van der Waals surface area contributed by atoms with E-state index >= 15 is 0 Å². The number of hydrogen-bond acceptors (Lipinski definition) is 6. The van der Waals surface area contributed by atoms with E-state index in [4.69, 9.17) is 14.2 Å². The number of hydrogen-bond donors (Lipinski definition) is 2. The quantitative estimate of drug-likeness (QED) is 0.505. The van der Waals surface area contributed by atoms with E-state index < -0.39 is 0 Å². The SMILES string of the molecule is COc1cc([C@H]2N[C@H](Cc3ccccc3)C(=O)N2CCc2ccc(O)cc2)cc(OC)c1OC. The molecule has 1 amide bonds. The first-order valence-electron chi connectivity index (χ1n) is 11.2. The van der Waals surface area contributed by atoms with Gasteiger partial charge >= 0.3 is 0 Å². The molecule has 1 aliphatic rings. The third kappa shape index (κ3) is 4.94. The second kappa shape index (κ2) is 10.5. The number of amides is 1. The monoisotopic (exact) mass is 462 g/mol. The average molecular weight is 463 g/mol. The van der Waals surface area contributed by atoms with Crippen molar-refractivity contribution in [3.63, 3.8) is 0 Å². The highest BCUT2D eigenvalue weighted by molar-refractivity contribution is 5.85. The Morgan fingerprint density at radius 3 is 2.12 bits per heavy atom. The molecular formula is C27H30N2O5. The van der Waals surface area contributed by atoms with Crippen LogP contribution in [0, 0.1) is 0 Å². The van der Waals surface area contributed by atoms with Crippen molar-refractivity contribution in [1.82, 2.24) is 10.2 Å². The molecular weight excluding hydrogens is 432 g/mol. The minimum Gasteiger partial charge on any atom is -0.508 e. The highest BCUT2D eigenvalue weighted by atomic mass is 16.5. The van der Waals surface area contributed by atoms with Gasteiger partial charge in [-0.2, -0.15) is 0 Å². The van der Waals surface area contributed by atoms with Crippen LogP contribution >= 0.6 is 0 Å². The Balaban J connectivity index is 1.65. The van der Waals surface area contributed by atoms with E-state index in [-0.39, 0.29) is 23.9 Å². The predicted octanol–water partition coefficient (Wildman–Crippen LogP) is 3.70. The van der Waals surface area contributed by atoms with Crippen LogP contribution in [-0.4, -0.2) is 49.8 Å². The molecule has 0 radical (unpaired) electrons. The van der Waals surface area contributed by atoms with Crippen LogP contribution in [-0.2, 0) is 17.6 Å².